The van der Waals surface area contributed by atoms with Crippen LogP contribution in [0.2, 0.25) is 0 Å². The number of carbonyl (C=O) groups excluding carboxylic acids is 5. The molecule has 2 N–H and O–H groups in total. The van der Waals surface area contributed by atoms with E-state index in [1.54, 1.807) is 37.2 Å². The fourth-order valence-corrected chi connectivity index (χ4v) is 7.10. The predicted octanol–water partition coefficient (Wildman–Crippen LogP) is 3.05. The molecule has 5 amide bonds. The zero-order valence-electron chi connectivity index (χ0n) is 25.8. The molecule has 2 heterocycles. The Kier molecular flexibility index (Phi) is 10.1. The number of nitrogens with zero attached hydrogens (tertiary/aromatic N) is 3. The molecule has 10 nitrogen and oxygen atoms in total. The lowest BCUT2D eigenvalue weighted by Gasteiger charge is -2.29. The summed E-state index contributed by atoms with van der Waals surface area (Å²) in [6.07, 6.45) is 0.672. The average molecular weight is 630 g/mol. The van der Waals surface area contributed by atoms with Crippen molar-refractivity contribution in [3.05, 3.63) is 77.9 Å². The van der Waals surface area contributed by atoms with E-state index in [-0.39, 0.29) is 67.6 Å². The summed E-state index contributed by atoms with van der Waals surface area (Å²) in [4.78, 5) is 71.1. The molecular formula is C34H39N5O5S. The second kappa shape index (κ2) is 14.2. The molecule has 1 saturated heterocycles. The van der Waals surface area contributed by atoms with E-state index in [9.17, 15) is 24.0 Å². The molecule has 0 radical (unpaired) electrons. The third kappa shape index (κ3) is 7.83. The standard InChI is InChI=1S/C34H39N5O5S/c1-22(40)36-27-17-28-21-45-29-10-6-9-26(16-29)34(44)38(3)30(13-14-31(41)37(2)20-32(42)39(28)19-27)33(43)35-18-23-11-12-24-7-4-5-8-25(24)15-23/h4-12,15-16,27-28,30H,13-14,17-21H2,1-3H3,(H,35,43)(H,36,40)/t27-,28+,30+/m1/s1. The highest BCUT2D eigenvalue weighted by Crippen LogP contribution is 2.28. The van der Waals surface area contributed by atoms with Gasteiger partial charge in [-0.1, -0.05) is 42.5 Å². The molecule has 5 rings (SSSR count). The molecule has 2 aliphatic heterocycles. The van der Waals surface area contributed by atoms with Crippen LogP contribution in [0.5, 0.6) is 0 Å². The van der Waals surface area contributed by atoms with Crippen molar-refractivity contribution in [2.45, 2.75) is 55.8 Å². The molecule has 2 bridgehead atoms. The summed E-state index contributed by atoms with van der Waals surface area (Å²) < 4.78 is 0. The first-order valence-electron chi connectivity index (χ1n) is 15.1. The van der Waals surface area contributed by atoms with Gasteiger partial charge in [0.25, 0.3) is 5.91 Å². The Labute approximate surface area is 267 Å². The van der Waals surface area contributed by atoms with Crippen LogP contribution < -0.4 is 10.6 Å². The molecule has 0 unspecified atom stereocenters. The van der Waals surface area contributed by atoms with Gasteiger partial charge in [0.2, 0.25) is 23.6 Å². The molecule has 11 heteroatoms. The number of carbonyl (C=O) groups is 5. The molecule has 236 valence electrons. The minimum atomic E-state index is -0.906. The molecule has 45 heavy (non-hydrogen) atoms. The normalized spacial score (nSPS) is 21.5. The van der Waals surface area contributed by atoms with Crippen molar-refractivity contribution >= 4 is 52.1 Å². The van der Waals surface area contributed by atoms with Crippen molar-refractivity contribution in [1.29, 1.82) is 0 Å². The average Bonchev–Trinajstić information content (AvgIpc) is 3.43. The Hall–Kier alpha value is -4.38. The van der Waals surface area contributed by atoms with Crippen molar-refractivity contribution in [2.24, 2.45) is 0 Å². The van der Waals surface area contributed by atoms with E-state index in [0.29, 0.717) is 24.3 Å². The first-order valence-corrected chi connectivity index (χ1v) is 16.1. The van der Waals surface area contributed by atoms with Gasteiger partial charge in [-0.25, -0.2) is 0 Å². The zero-order valence-corrected chi connectivity index (χ0v) is 26.6. The van der Waals surface area contributed by atoms with Crippen molar-refractivity contribution < 1.29 is 24.0 Å². The Morgan fingerprint density at radius 2 is 1.71 bits per heavy atom. The van der Waals surface area contributed by atoms with Gasteiger partial charge < -0.3 is 25.3 Å². The molecule has 0 aromatic heterocycles. The first kappa shape index (κ1) is 32.0. The highest BCUT2D eigenvalue weighted by Gasteiger charge is 2.36. The van der Waals surface area contributed by atoms with Crippen molar-refractivity contribution in [2.75, 3.05) is 32.9 Å². The predicted molar refractivity (Wildman–Crippen MR) is 173 cm³/mol. The SMILES string of the molecule is CC(=O)N[C@@H]1C[C@H]2CSc3cccc(c3)C(=O)N(C)[C@H](C(=O)NCc3ccc4ccccc4c3)CCC(=O)N(C)CC(=O)N2C1. The minimum Gasteiger partial charge on any atom is -0.352 e. The number of hydrogen-bond donors (Lipinski definition) is 2. The van der Waals surface area contributed by atoms with E-state index in [1.165, 1.54) is 28.5 Å². The summed E-state index contributed by atoms with van der Waals surface area (Å²) in [7, 11) is 3.16. The number of nitrogens with one attached hydrogen (secondary N) is 2. The molecule has 0 saturated carbocycles. The van der Waals surface area contributed by atoms with Crippen LogP contribution in [0.3, 0.4) is 0 Å². The van der Waals surface area contributed by atoms with Crippen LogP contribution in [-0.4, -0.2) is 95.3 Å². The van der Waals surface area contributed by atoms with Crippen LogP contribution in [0, 0.1) is 0 Å². The third-order valence-corrected chi connectivity index (χ3v) is 9.61. The van der Waals surface area contributed by atoms with Crippen molar-refractivity contribution in [3.8, 4) is 0 Å². The van der Waals surface area contributed by atoms with Gasteiger partial charge in [0.15, 0.2) is 0 Å². The number of benzene rings is 3. The van der Waals surface area contributed by atoms with Gasteiger partial charge >= 0.3 is 0 Å². The van der Waals surface area contributed by atoms with Gasteiger partial charge in [0, 0.05) is 68.8 Å². The maximum Gasteiger partial charge on any atom is 0.254 e. The van der Waals surface area contributed by atoms with Crippen molar-refractivity contribution in [3.63, 3.8) is 0 Å². The quantitative estimate of drug-likeness (QED) is 0.458. The molecule has 0 aliphatic carbocycles. The topological polar surface area (TPSA) is 119 Å². The highest BCUT2D eigenvalue weighted by atomic mass is 32.2. The fraction of sp³-hybridized carbons (Fsp3) is 0.382. The molecule has 2 aliphatic rings. The third-order valence-electron chi connectivity index (χ3n) is 8.47. The van der Waals surface area contributed by atoms with Gasteiger partial charge in [-0.15, -0.1) is 11.8 Å². The van der Waals surface area contributed by atoms with Crippen LogP contribution >= 0.6 is 11.8 Å². The summed E-state index contributed by atoms with van der Waals surface area (Å²) in [6, 6.07) is 20.0. The van der Waals surface area contributed by atoms with Crippen LogP contribution in [0.4, 0.5) is 0 Å². The minimum absolute atomic E-state index is 0.0245. The van der Waals surface area contributed by atoms with Crippen molar-refractivity contribution in [1.82, 2.24) is 25.3 Å². The second-order valence-electron chi connectivity index (χ2n) is 11.8. The molecule has 3 atom stereocenters. The number of hydrogen-bond acceptors (Lipinski definition) is 6. The van der Waals surface area contributed by atoms with E-state index in [1.807, 2.05) is 48.5 Å². The van der Waals surface area contributed by atoms with E-state index in [2.05, 4.69) is 10.6 Å². The molecule has 1 fully saturated rings. The van der Waals surface area contributed by atoms with Gasteiger partial charge in [0.1, 0.15) is 6.04 Å². The Balaban J connectivity index is 1.36. The number of fused-ring (bicyclic) bond motifs is 4. The van der Waals surface area contributed by atoms with Crippen LogP contribution in [0.1, 0.15) is 42.1 Å². The maximum absolute atomic E-state index is 13.7. The lowest BCUT2D eigenvalue weighted by molar-refractivity contribution is -0.140. The zero-order chi connectivity index (χ0) is 32.1. The molecule has 3 aromatic carbocycles. The molecule has 0 spiro atoms. The van der Waals surface area contributed by atoms with Gasteiger partial charge in [0.05, 0.1) is 6.54 Å². The summed E-state index contributed by atoms with van der Waals surface area (Å²) in [5.74, 6) is -0.762. The summed E-state index contributed by atoms with van der Waals surface area (Å²) >= 11 is 1.53. The lowest BCUT2D eigenvalue weighted by atomic mass is 10.1. The number of rotatable bonds is 4. The first-order chi connectivity index (χ1) is 21.6. The maximum atomic E-state index is 13.7. The van der Waals surface area contributed by atoms with Crippen LogP contribution in [-0.2, 0) is 25.7 Å². The molecular weight excluding hydrogens is 590 g/mol. The van der Waals surface area contributed by atoms with E-state index >= 15 is 0 Å². The lowest BCUT2D eigenvalue weighted by Crippen LogP contribution is -2.48. The Morgan fingerprint density at radius 3 is 2.49 bits per heavy atom. The number of amides is 5. The Morgan fingerprint density at radius 1 is 0.933 bits per heavy atom. The van der Waals surface area contributed by atoms with Crippen LogP contribution in [0.25, 0.3) is 10.8 Å². The van der Waals surface area contributed by atoms with Gasteiger partial charge in [-0.2, -0.15) is 0 Å². The fourth-order valence-electron chi connectivity index (χ4n) is 6.02. The number of likely N-dealkylation sites (N-methyl/N-ethyl adjacent to an activating group) is 2. The monoisotopic (exact) mass is 629 g/mol. The smallest absolute Gasteiger partial charge is 0.254 e. The summed E-state index contributed by atoms with van der Waals surface area (Å²) in [6.45, 7) is 1.98. The summed E-state index contributed by atoms with van der Waals surface area (Å²) in [5.41, 5.74) is 1.35. The van der Waals surface area contributed by atoms with Gasteiger partial charge in [-0.3, -0.25) is 24.0 Å². The van der Waals surface area contributed by atoms with E-state index < -0.39 is 6.04 Å². The Bertz CT molecular complexity index is 1610. The second-order valence-corrected chi connectivity index (χ2v) is 12.9. The van der Waals surface area contributed by atoms with E-state index in [4.69, 9.17) is 0 Å². The largest absolute Gasteiger partial charge is 0.352 e. The van der Waals surface area contributed by atoms with Crippen LogP contribution in [0.15, 0.2) is 71.6 Å². The molecule has 3 aromatic rings. The van der Waals surface area contributed by atoms with Gasteiger partial charge in [-0.05, 0) is 53.4 Å². The highest BCUT2D eigenvalue weighted by molar-refractivity contribution is 7.99. The summed E-state index contributed by atoms with van der Waals surface area (Å²) in [5, 5.41) is 8.05. The van der Waals surface area contributed by atoms with E-state index in [0.717, 1.165) is 21.2 Å². The number of thioether (sulfide) groups is 1.